The van der Waals surface area contributed by atoms with E-state index in [1.54, 1.807) is 24.8 Å². The van der Waals surface area contributed by atoms with Gasteiger partial charge in [0.15, 0.2) is 0 Å². The number of ether oxygens (including phenoxy) is 1. The fourth-order valence-corrected chi connectivity index (χ4v) is 4.37. The number of carboxylic acids is 1. The van der Waals surface area contributed by atoms with Crippen molar-refractivity contribution >= 4 is 12.0 Å². The van der Waals surface area contributed by atoms with Crippen LogP contribution in [0.4, 0.5) is 4.79 Å². The van der Waals surface area contributed by atoms with Crippen LogP contribution in [0.1, 0.15) is 41.3 Å². The van der Waals surface area contributed by atoms with Crippen LogP contribution in [-0.4, -0.2) is 50.8 Å². The molecule has 1 fully saturated rings. The van der Waals surface area contributed by atoms with Gasteiger partial charge in [-0.2, -0.15) is 0 Å². The Kier molecular flexibility index (Phi) is 6.77. The molecule has 0 saturated carbocycles. The van der Waals surface area contributed by atoms with E-state index in [-0.39, 0.29) is 6.01 Å². The van der Waals surface area contributed by atoms with Gasteiger partial charge in [-0.3, -0.25) is 5.32 Å². The van der Waals surface area contributed by atoms with E-state index in [1.807, 2.05) is 60.7 Å². The summed E-state index contributed by atoms with van der Waals surface area (Å²) in [6.45, 7) is 4.67. The quantitative estimate of drug-likeness (QED) is 0.519. The summed E-state index contributed by atoms with van der Waals surface area (Å²) >= 11 is 0. The number of nitrogens with one attached hydrogen (secondary N) is 1. The number of urea groups is 1. The maximum Gasteiger partial charge on any atom is 0.371 e. The van der Waals surface area contributed by atoms with Crippen molar-refractivity contribution in [3.8, 4) is 6.01 Å². The molecule has 0 spiro atoms. The van der Waals surface area contributed by atoms with Crippen LogP contribution in [0, 0.1) is 13.8 Å². The van der Waals surface area contributed by atoms with Crippen LogP contribution in [0.15, 0.2) is 66.7 Å². The number of likely N-dealkylation sites (tertiary alicyclic amines) is 1. The summed E-state index contributed by atoms with van der Waals surface area (Å²) in [7, 11) is 0. The van der Waals surface area contributed by atoms with Crippen LogP contribution in [-0.2, 0) is 4.79 Å². The first-order chi connectivity index (χ1) is 16.4. The number of aryl methyl sites for hydroxylation is 2. The molecule has 0 aliphatic carbocycles. The first kappa shape index (κ1) is 23.2. The molecule has 2 amide bonds. The van der Waals surface area contributed by atoms with E-state index >= 15 is 0 Å². The number of carbonyl (C=O) groups is 2. The Morgan fingerprint density at radius 1 is 0.941 bits per heavy atom. The lowest BCUT2D eigenvalue weighted by Crippen LogP contribution is -2.64. The molecule has 2 aromatic carbocycles. The third-order valence-corrected chi connectivity index (χ3v) is 5.89. The minimum Gasteiger partial charge on any atom is -0.477 e. The van der Waals surface area contributed by atoms with Crippen LogP contribution in [0.2, 0.25) is 0 Å². The predicted octanol–water partition coefficient (Wildman–Crippen LogP) is 3.89. The Morgan fingerprint density at radius 3 is 1.91 bits per heavy atom. The Hall–Kier alpha value is -3.94. The van der Waals surface area contributed by atoms with Gasteiger partial charge in [0.1, 0.15) is 0 Å². The first-order valence-corrected chi connectivity index (χ1v) is 11.3. The highest BCUT2D eigenvalue weighted by Crippen LogP contribution is 2.37. The normalized spacial score (nSPS) is 15.1. The number of benzene rings is 2. The van der Waals surface area contributed by atoms with Crippen molar-refractivity contribution in [1.82, 2.24) is 20.2 Å². The number of amides is 2. The molecule has 1 aromatic heterocycles. The molecule has 2 N–H and O–H groups in total. The summed E-state index contributed by atoms with van der Waals surface area (Å²) in [5.41, 5.74) is 0.388. The number of rotatable bonds is 7. The lowest BCUT2D eigenvalue weighted by Gasteiger charge is -2.38. The standard InChI is InChI=1S/C26H28N4O4/c1-18-17-19(2)28-24(27-18)34-26(23(31)32,29-25(33)30-15-9-10-16-30)22(20-11-5-3-6-12-20)21-13-7-4-8-14-21/h3-8,11-14,17,22H,9-10,15-16H2,1-2H3,(H,29,33)(H,31,32)/t26-/m1/s1. The molecular weight excluding hydrogens is 432 g/mol. The van der Waals surface area contributed by atoms with Crippen molar-refractivity contribution in [1.29, 1.82) is 0 Å². The molecule has 0 bridgehead atoms. The molecule has 2 heterocycles. The van der Waals surface area contributed by atoms with E-state index in [9.17, 15) is 14.7 Å². The molecule has 8 nitrogen and oxygen atoms in total. The van der Waals surface area contributed by atoms with Gasteiger partial charge >= 0.3 is 18.0 Å². The summed E-state index contributed by atoms with van der Waals surface area (Å²) in [5.74, 6) is -2.23. The molecule has 1 aliphatic rings. The zero-order valence-corrected chi connectivity index (χ0v) is 19.3. The van der Waals surface area contributed by atoms with Crippen molar-refractivity contribution in [3.05, 3.63) is 89.2 Å². The van der Waals surface area contributed by atoms with Gasteiger partial charge in [0.2, 0.25) is 0 Å². The van der Waals surface area contributed by atoms with Crippen LogP contribution in [0.3, 0.4) is 0 Å². The summed E-state index contributed by atoms with van der Waals surface area (Å²) in [6.07, 6.45) is 1.74. The number of aliphatic carboxylic acids is 1. The SMILES string of the molecule is Cc1cc(C)nc(O[C@@](NC(=O)N2CCCC2)(C(=O)O)C(c2ccccc2)c2ccccc2)n1. The number of hydrogen-bond donors (Lipinski definition) is 2. The second-order valence-corrected chi connectivity index (χ2v) is 8.45. The number of carbonyl (C=O) groups excluding carboxylic acids is 1. The lowest BCUT2D eigenvalue weighted by atomic mass is 9.82. The minimum atomic E-state index is -2.21. The predicted molar refractivity (Wildman–Crippen MR) is 127 cm³/mol. The summed E-state index contributed by atoms with van der Waals surface area (Å²) < 4.78 is 6.15. The van der Waals surface area contributed by atoms with E-state index in [4.69, 9.17) is 4.74 Å². The third-order valence-electron chi connectivity index (χ3n) is 5.89. The number of hydrogen-bond acceptors (Lipinski definition) is 5. The molecule has 34 heavy (non-hydrogen) atoms. The molecule has 4 rings (SSSR count). The molecule has 0 radical (unpaired) electrons. The van der Waals surface area contributed by atoms with Crippen molar-refractivity contribution in [2.45, 2.75) is 38.3 Å². The highest BCUT2D eigenvalue weighted by Gasteiger charge is 2.53. The Bertz CT molecular complexity index is 1090. The van der Waals surface area contributed by atoms with Crippen molar-refractivity contribution in [2.24, 2.45) is 0 Å². The lowest BCUT2D eigenvalue weighted by molar-refractivity contribution is -0.160. The Morgan fingerprint density at radius 2 is 1.44 bits per heavy atom. The molecule has 1 aliphatic heterocycles. The van der Waals surface area contributed by atoms with Gasteiger partial charge in [-0.05, 0) is 43.9 Å². The van der Waals surface area contributed by atoms with E-state index in [2.05, 4.69) is 15.3 Å². The maximum absolute atomic E-state index is 13.3. The molecule has 8 heteroatoms. The van der Waals surface area contributed by atoms with Gasteiger partial charge < -0.3 is 14.7 Å². The van der Waals surface area contributed by atoms with Crippen LogP contribution < -0.4 is 10.1 Å². The highest BCUT2D eigenvalue weighted by molar-refractivity contribution is 5.87. The topological polar surface area (TPSA) is 105 Å². The van der Waals surface area contributed by atoms with E-state index in [0.29, 0.717) is 35.6 Å². The van der Waals surface area contributed by atoms with Crippen molar-refractivity contribution < 1.29 is 19.4 Å². The van der Waals surface area contributed by atoms with Crippen LogP contribution >= 0.6 is 0 Å². The van der Waals surface area contributed by atoms with Gasteiger partial charge in [0.25, 0.3) is 5.72 Å². The molecule has 1 saturated heterocycles. The number of aromatic nitrogens is 2. The second kappa shape index (κ2) is 9.91. The third kappa shape index (κ3) is 4.85. The zero-order chi connectivity index (χ0) is 24.1. The second-order valence-electron chi connectivity index (χ2n) is 8.45. The maximum atomic E-state index is 13.3. The Labute approximate surface area is 198 Å². The fourth-order valence-electron chi connectivity index (χ4n) is 4.37. The monoisotopic (exact) mass is 460 g/mol. The van der Waals surface area contributed by atoms with E-state index in [1.165, 1.54) is 0 Å². The molecule has 0 unspecified atom stereocenters. The Balaban J connectivity index is 1.90. The molecule has 176 valence electrons. The highest BCUT2D eigenvalue weighted by atomic mass is 16.6. The number of nitrogens with zero attached hydrogens (tertiary/aromatic N) is 3. The zero-order valence-electron chi connectivity index (χ0n) is 19.3. The molecule has 3 aromatic rings. The van der Waals surface area contributed by atoms with Gasteiger partial charge in [-0.25, -0.2) is 19.6 Å². The van der Waals surface area contributed by atoms with Crippen LogP contribution in [0.5, 0.6) is 6.01 Å². The van der Waals surface area contributed by atoms with Gasteiger partial charge in [-0.1, -0.05) is 60.7 Å². The average Bonchev–Trinajstić information content (AvgIpc) is 3.35. The van der Waals surface area contributed by atoms with Gasteiger partial charge in [0, 0.05) is 24.5 Å². The summed E-state index contributed by atoms with van der Waals surface area (Å²) in [5, 5.41) is 13.4. The minimum absolute atomic E-state index is 0.113. The van der Waals surface area contributed by atoms with Crippen molar-refractivity contribution in [3.63, 3.8) is 0 Å². The molecular formula is C26H28N4O4. The summed E-state index contributed by atoms with van der Waals surface area (Å²) in [4.78, 5) is 36.6. The van der Waals surface area contributed by atoms with Gasteiger partial charge in [0.05, 0.1) is 5.92 Å². The smallest absolute Gasteiger partial charge is 0.371 e. The molecule has 1 atom stereocenters. The average molecular weight is 461 g/mol. The fraction of sp³-hybridized carbons (Fsp3) is 0.308. The van der Waals surface area contributed by atoms with E-state index < -0.39 is 23.6 Å². The largest absolute Gasteiger partial charge is 0.477 e. The summed E-state index contributed by atoms with van der Waals surface area (Å²) in [6, 6.07) is 19.5. The van der Waals surface area contributed by atoms with Gasteiger partial charge in [-0.15, -0.1) is 0 Å². The van der Waals surface area contributed by atoms with E-state index in [0.717, 1.165) is 12.8 Å². The van der Waals surface area contributed by atoms with Crippen LogP contribution in [0.25, 0.3) is 0 Å². The van der Waals surface area contributed by atoms with Crippen molar-refractivity contribution in [2.75, 3.05) is 13.1 Å². The number of carboxylic acid groups (broad SMARTS) is 1. The first-order valence-electron chi connectivity index (χ1n) is 11.3.